The van der Waals surface area contributed by atoms with Crippen LogP contribution in [0.4, 0.5) is 5.69 Å². The lowest BCUT2D eigenvalue weighted by Crippen LogP contribution is -2.28. The van der Waals surface area contributed by atoms with Gasteiger partial charge in [0.2, 0.25) is 0 Å². The van der Waals surface area contributed by atoms with Crippen LogP contribution in [0.25, 0.3) is 0 Å². The highest BCUT2D eigenvalue weighted by Gasteiger charge is 2.18. The molecule has 0 fully saturated rings. The highest BCUT2D eigenvalue weighted by molar-refractivity contribution is 7.11. The Bertz CT molecular complexity index is 629. The molecule has 114 valence electrons. The maximum Gasteiger partial charge on any atom is 0.268 e. The number of nitrogens with two attached hydrogens (primary N) is 1. The van der Waals surface area contributed by atoms with Gasteiger partial charge in [-0.2, -0.15) is 0 Å². The first-order valence-electron chi connectivity index (χ1n) is 7.15. The van der Waals surface area contributed by atoms with Gasteiger partial charge >= 0.3 is 0 Å². The second kappa shape index (κ2) is 6.30. The largest absolute Gasteiger partial charge is 0.397 e. The SMILES string of the molecule is CCc1cnc(C(C)NC(=O)c2cc(N)cn2C(C)C)s1. The molecule has 2 aromatic rings. The summed E-state index contributed by atoms with van der Waals surface area (Å²) in [5.41, 5.74) is 6.99. The summed E-state index contributed by atoms with van der Waals surface area (Å²) in [6, 6.07) is 1.78. The predicted molar refractivity (Wildman–Crippen MR) is 86.6 cm³/mol. The number of carbonyl (C=O) groups is 1. The summed E-state index contributed by atoms with van der Waals surface area (Å²) in [6.45, 7) is 8.09. The molecule has 1 amide bonds. The molecule has 5 nitrogen and oxygen atoms in total. The van der Waals surface area contributed by atoms with Crippen molar-refractivity contribution in [2.75, 3.05) is 5.73 Å². The second-order valence-corrected chi connectivity index (χ2v) is 6.52. The minimum Gasteiger partial charge on any atom is -0.397 e. The van der Waals surface area contributed by atoms with E-state index in [1.807, 2.05) is 31.5 Å². The molecular formula is C15H22N4OS. The number of carbonyl (C=O) groups excluding carboxylic acids is 1. The Labute approximate surface area is 129 Å². The van der Waals surface area contributed by atoms with Gasteiger partial charge in [-0.1, -0.05) is 6.92 Å². The number of nitrogens with one attached hydrogen (secondary N) is 1. The van der Waals surface area contributed by atoms with Gasteiger partial charge in [-0.05, 0) is 33.3 Å². The Morgan fingerprint density at radius 1 is 1.48 bits per heavy atom. The van der Waals surface area contributed by atoms with Crippen LogP contribution in [0.3, 0.4) is 0 Å². The van der Waals surface area contributed by atoms with E-state index in [1.165, 1.54) is 4.88 Å². The molecule has 0 aromatic carbocycles. The number of rotatable bonds is 5. The first-order valence-corrected chi connectivity index (χ1v) is 7.96. The number of hydrogen-bond acceptors (Lipinski definition) is 4. The van der Waals surface area contributed by atoms with E-state index >= 15 is 0 Å². The summed E-state index contributed by atoms with van der Waals surface area (Å²) in [4.78, 5) is 18.0. The van der Waals surface area contributed by atoms with Crippen molar-refractivity contribution < 1.29 is 4.79 Å². The molecule has 3 N–H and O–H groups in total. The van der Waals surface area contributed by atoms with Gasteiger partial charge in [0, 0.05) is 23.3 Å². The van der Waals surface area contributed by atoms with Crippen molar-refractivity contribution in [3.05, 3.63) is 34.0 Å². The number of aromatic nitrogens is 2. The number of thiazole rings is 1. The van der Waals surface area contributed by atoms with Gasteiger partial charge in [-0.3, -0.25) is 4.79 Å². The van der Waals surface area contributed by atoms with Crippen LogP contribution >= 0.6 is 11.3 Å². The van der Waals surface area contributed by atoms with Crippen LogP contribution in [-0.4, -0.2) is 15.5 Å². The van der Waals surface area contributed by atoms with Gasteiger partial charge in [-0.25, -0.2) is 4.98 Å². The standard InChI is InChI=1S/C15H22N4OS/c1-5-12-7-17-15(21-12)10(4)18-14(20)13-6-11(16)8-19(13)9(2)3/h6-10H,5,16H2,1-4H3,(H,18,20). The lowest BCUT2D eigenvalue weighted by Gasteiger charge is -2.15. The van der Waals surface area contributed by atoms with E-state index in [9.17, 15) is 4.79 Å². The topological polar surface area (TPSA) is 72.9 Å². The fraction of sp³-hybridized carbons (Fsp3) is 0.467. The third-order valence-corrected chi connectivity index (χ3v) is 4.62. The average Bonchev–Trinajstić information content (AvgIpc) is 3.04. The van der Waals surface area contributed by atoms with E-state index in [-0.39, 0.29) is 18.0 Å². The Hall–Kier alpha value is -1.82. The molecule has 0 saturated heterocycles. The van der Waals surface area contributed by atoms with Gasteiger partial charge in [0.1, 0.15) is 10.7 Å². The minimum absolute atomic E-state index is 0.112. The number of nitrogen functional groups attached to an aromatic ring is 1. The fourth-order valence-corrected chi connectivity index (χ4v) is 2.99. The van der Waals surface area contributed by atoms with E-state index in [0.29, 0.717) is 11.4 Å². The molecule has 2 rings (SSSR count). The zero-order valence-electron chi connectivity index (χ0n) is 12.9. The van der Waals surface area contributed by atoms with Crippen molar-refractivity contribution in [2.45, 2.75) is 46.2 Å². The molecule has 2 heterocycles. The van der Waals surface area contributed by atoms with Crippen molar-refractivity contribution in [1.29, 1.82) is 0 Å². The normalized spacial score (nSPS) is 12.6. The smallest absolute Gasteiger partial charge is 0.268 e. The maximum absolute atomic E-state index is 12.4. The van der Waals surface area contributed by atoms with Crippen LogP contribution in [0.1, 0.15) is 60.2 Å². The molecule has 0 bridgehead atoms. The third kappa shape index (κ3) is 3.44. The lowest BCUT2D eigenvalue weighted by atomic mass is 10.3. The first-order chi connectivity index (χ1) is 9.92. The van der Waals surface area contributed by atoms with Crippen LogP contribution < -0.4 is 11.1 Å². The highest BCUT2D eigenvalue weighted by atomic mass is 32.1. The molecule has 1 atom stereocenters. The number of anilines is 1. The van der Waals surface area contributed by atoms with Crippen LogP contribution in [0.2, 0.25) is 0 Å². The zero-order valence-corrected chi connectivity index (χ0v) is 13.7. The monoisotopic (exact) mass is 306 g/mol. The molecule has 21 heavy (non-hydrogen) atoms. The van der Waals surface area contributed by atoms with E-state index in [2.05, 4.69) is 17.2 Å². The molecule has 0 saturated carbocycles. The van der Waals surface area contributed by atoms with Crippen molar-refractivity contribution in [3.8, 4) is 0 Å². The van der Waals surface area contributed by atoms with Crippen LogP contribution in [-0.2, 0) is 6.42 Å². The van der Waals surface area contributed by atoms with Gasteiger partial charge in [0.25, 0.3) is 5.91 Å². The number of hydrogen-bond donors (Lipinski definition) is 2. The average molecular weight is 306 g/mol. The van der Waals surface area contributed by atoms with Crippen molar-refractivity contribution in [1.82, 2.24) is 14.9 Å². The summed E-state index contributed by atoms with van der Waals surface area (Å²) in [5, 5.41) is 3.92. The number of aryl methyl sites for hydroxylation is 1. The Kier molecular flexibility index (Phi) is 4.67. The summed E-state index contributed by atoms with van der Waals surface area (Å²) < 4.78 is 1.89. The van der Waals surface area contributed by atoms with Gasteiger partial charge in [-0.15, -0.1) is 11.3 Å². The summed E-state index contributed by atoms with van der Waals surface area (Å²) >= 11 is 1.64. The molecule has 6 heteroatoms. The van der Waals surface area contributed by atoms with E-state index in [0.717, 1.165) is 11.4 Å². The molecule has 1 unspecified atom stereocenters. The van der Waals surface area contributed by atoms with E-state index < -0.39 is 0 Å². The molecule has 0 aliphatic heterocycles. The Morgan fingerprint density at radius 3 is 2.76 bits per heavy atom. The molecule has 2 aromatic heterocycles. The number of nitrogens with zero attached hydrogens (tertiary/aromatic N) is 2. The Balaban J connectivity index is 2.14. The first kappa shape index (κ1) is 15.6. The summed E-state index contributed by atoms with van der Waals surface area (Å²) in [5.74, 6) is -0.124. The van der Waals surface area contributed by atoms with Crippen LogP contribution in [0, 0.1) is 0 Å². The lowest BCUT2D eigenvalue weighted by molar-refractivity contribution is 0.0929. The fourth-order valence-electron chi connectivity index (χ4n) is 2.13. The zero-order chi connectivity index (χ0) is 15.6. The van der Waals surface area contributed by atoms with Crippen molar-refractivity contribution in [3.63, 3.8) is 0 Å². The summed E-state index contributed by atoms with van der Waals surface area (Å²) in [6.07, 6.45) is 4.63. The van der Waals surface area contributed by atoms with Gasteiger partial charge in [0.15, 0.2) is 0 Å². The van der Waals surface area contributed by atoms with E-state index in [4.69, 9.17) is 5.73 Å². The minimum atomic E-state index is -0.124. The second-order valence-electron chi connectivity index (χ2n) is 5.37. The Morgan fingerprint density at radius 2 is 2.19 bits per heavy atom. The molecule has 0 spiro atoms. The molecular weight excluding hydrogens is 284 g/mol. The van der Waals surface area contributed by atoms with Crippen molar-refractivity contribution in [2.24, 2.45) is 0 Å². The predicted octanol–water partition coefficient (Wildman–Crippen LogP) is 3.16. The molecule has 0 aliphatic carbocycles. The highest BCUT2D eigenvalue weighted by Crippen LogP contribution is 2.22. The van der Waals surface area contributed by atoms with Crippen LogP contribution in [0.5, 0.6) is 0 Å². The van der Waals surface area contributed by atoms with Crippen LogP contribution in [0.15, 0.2) is 18.5 Å². The summed E-state index contributed by atoms with van der Waals surface area (Å²) in [7, 11) is 0. The third-order valence-electron chi connectivity index (χ3n) is 3.30. The maximum atomic E-state index is 12.4. The quantitative estimate of drug-likeness (QED) is 0.891. The molecule has 0 aliphatic rings. The van der Waals surface area contributed by atoms with Gasteiger partial charge < -0.3 is 15.6 Å². The van der Waals surface area contributed by atoms with Gasteiger partial charge in [0.05, 0.1) is 11.7 Å². The van der Waals surface area contributed by atoms with Crippen molar-refractivity contribution >= 4 is 22.9 Å². The number of amides is 1. The van der Waals surface area contributed by atoms with E-state index in [1.54, 1.807) is 23.6 Å². The molecule has 0 radical (unpaired) electrons.